The zero-order valence-electron chi connectivity index (χ0n) is 11.2. The summed E-state index contributed by atoms with van der Waals surface area (Å²) in [6.07, 6.45) is 3.98. The molecule has 1 heterocycles. The Labute approximate surface area is 104 Å². The van der Waals surface area contributed by atoms with Gasteiger partial charge in [-0.15, -0.1) is 0 Å². The summed E-state index contributed by atoms with van der Waals surface area (Å²) in [5.41, 5.74) is 8.08. The van der Waals surface area contributed by atoms with Gasteiger partial charge in [0.2, 0.25) is 0 Å². The van der Waals surface area contributed by atoms with Crippen molar-refractivity contribution in [3.05, 3.63) is 23.4 Å². The van der Waals surface area contributed by atoms with Crippen LogP contribution in [-0.4, -0.2) is 25.2 Å². The summed E-state index contributed by atoms with van der Waals surface area (Å²) in [7, 11) is 3.66. The van der Waals surface area contributed by atoms with E-state index in [2.05, 4.69) is 23.3 Å². The molecule has 17 heavy (non-hydrogen) atoms. The van der Waals surface area contributed by atoms with Crippen LogP contribution in [-0.2, 0) is 4.74 Å². The standard InChI is InChI=1S/C13H23N3O/c1-5-6-11(17-4)12(15-3)10-7-9(2)8-16-13(10)14/h7-8,11-12,15H,5-6H2,1-4H3,(H2,14,16). The van der Waals surface area contributed by atoms with Gasteiger partial charge < -0.3 is 15.8 Å². The summed E-state index contributed by atoms with van der Waals surface area (Å²) < 4.78 is 5.55. The van der Waals surface area contributed by atoms with Crippen LogP contribution >= 0.6 is 0 Å². The molecule has 0 aliphatic heterocycles. The Morgan fingerprint density at radius 3 is 2.76 bits per heavy atom. The third-order valence-electron chi connectivity index (χ3n) is 2.98. The molecule has 1 rings (SSSR count). The highest BCUT2D eigenvalue weighted by Crippen LogP contribution is 2.26. The number of nitrogen functional groups attached to an aromatic ring is 1. The topological polar surface area (TPSA) is 60.2 Å². The van der Waals surface area contributed by atoms with E-state index >= 15 is 0 Å². The highest BCUT2D eigenvalue weighted by Gasteiger charge is 2.23. The summed E-state index contributed by atoms with van der Waals surface area (Å²) in [5, 5.41) is 3.28. The number of nitrogens with zero attached hydrogens (tertiary/aromatic N) is 1. The van der Waals surface area contributed by atoms with Crippen LogP contribution in [0.3, 0.4) is 0 Å². The van der Waals surface area contributed by atoms with Crippen molar-refractivity contribution in [3.8, 4) is 0 Å². The third-order valence-corrected chi connectivity index (χ3v) is 2.98. The Balaban J connectivity index is 3.02. The van der Waals surface area contributed by atoms with E-state index in [9.17, 15) is 0 Å². The minimum atomic E-state index is 0.0901. The summed E-state index contributed by atoms with van der Waals surface area (Å²) in [4.78, 5) is 4.21. The second-order valence-corrected chi connectivity index (χ2v) is 4.32. The zero-order chi connectivity index (χ0) is 12.8. The fraction of sp³-hybridized carbons (Fsp3) is 0.615. The molecule has 3 N–H and O–H groups in total. The van der Waals surface area contributed by atoms with E-state index < -0.39 is 0 Å². The Bertz CT molecular complexity index is 355. The van der Waals surface area contributed by atoms with Gasteiger partial charge in [-0.1, -0.05) is 13.3 Å². The molecule has 0 bridgehead atoms. The first-order chi connectivity index (χ1) is 8.13. The SMILES string of the molecule is CCCC(OC)C(NC)c1cc(C)cnc1N. The third kappa shape index (κ3) is 3.41. The maximum atomic E-state index is 5.95. The molecule has 4 nitrogen and oxygen atoms in total. The van der Waals surface area contributed by atoms with Crippen molar-refractivity contribution in [3.63, 3.8) is 0 Å². The summed E-state index contributed by atoms with van der Waals surface area (Å²) >= 11 is 0. The number of aryl methyl sites for hydroxylation is 1. The molecule has 0 saturated carbocycles. The van der Waals surface area contributed by atoms with Crippen molar-refractivity contribution in [2.75, 3.05) is 19.9 Å². The Morgan fingerprint density at radius 1 is 1.53 bits per heavy atom. The van der Waals surface area contributed by atoms with Gasteiger partial charge in [0, 0.05) is 18.9 Å². The van der Waals surface area contributed by atoms with Crippen molar-refractivity contribution in [1.82, 2.24) is 10.3 Å². The zero-order valence-corrected chi connectivity index (χ0v) is 11.2. The highest BCUT2D eigenvalue weighted by molar-refractivity contribution is 5.43. The van der Waals surface area contributed by atoms with Gasteiger partial charge in [-0.3, -0.25) is 0 Å². The lowest BCUT2D eigenvalue weighted by Crippen LogP contribution is -2.31. The normalized spacial score (nSPS) is 14.6. The monoisotopic (exact) mass is 237 g/mol. The fourth-order valence-electron chi connectivity index (χ4n) is 2.10. The first kappa shape index (κ1) is 13.9. The maximum Gasteiger partial charge on any atom is 0.128 e. The molecular weight excluding hydrogens is 214 g/mol. The number of methoxy groups -OCH3 is 1. The van der Waals surface area contributed by atoms with Gasteiger partial charge in [0.15, 0.2) is 0 Å². The molecule has 0 saturated heterocycles. The van der Waals surface area contributed by atoms with Gasteiger partial charge in [-0.2, -0.15) is 0 Å². The van der Waals surface area contributed by atoms with Crippen LogP contribution in [0.1, 0.15) is 36.9 Å². The quantitative estimate of drug-likeness (QED) is 0.795. The van der Waals surface area contributed by atoms with Gasteiger partial charge in [0.25, 0.3) is 0 Å². The second kappa shape index (κ2) is 6.57. The van der Waals surface area contributed by atoms with Crippen LogP contribution in [0.25, 0.3) is 0 Å². The van der Waals surface area contributed by atoms with Crippen LogP contribution in [0.2, 0.25) is 0 Å². The lowest BCUT2D eigenvalue weighted by Gasteiger charge is -2.26. The number of nitrogens with one attached hydrogen (secondary N) is 1. The van der Waals surface area contributed by atoms with Crippen molar-refractivity contribution < 1.29 is 4.74 Å². The molecule has 1 aromatic heterocycles. The lowest BCUT2D eigenvalue weighted by atomic mass is 9.98. The van der Waals surface area contributed by atoms with Crippen LogP contribution in [0, 0.1) is 6.92 Å². The molecule has 2 atom stereocenters. The molecule has 4 heteroatoms. The molecule has 0 spiro atoms. The molecule has 0 radical (unpaired) electrons. The number of pyridine rings is 1. The smallest absolute Gasteiger partial charge is 0.128 e. The molecule has 0 aliphatic carbocycles. The lowest BCUT2D eigenvalue weighted by molar-refractivity contribution is 0.0631. The molecule has 2 unspecified atom stereocenters. The molecule has 0 fully saturated rings. The molecular formula is C13H23N3O. The van der Waals surface area contributed by atoms with E-state index in [1.54, 1.807) is 13.3 Å². The van der Waals surface area contributed by atoms with E-state index in [4.69, 9.17) is 10.5 Å². The molecule has 0 aliphatic rings. The predicted molar refractivity (Wildman–Crippen MR) is 70.9 cm³/mol. The summed E-state index contributed by atoms with van der Waals surface area (Å²) in [6, 6.07) is 2.16. The number of anilines is 1. The number of nitrogens with two attached hydrogens (primary N) is 1. The van der Waals surface area contributed by atoms with Crippen molar-refractivity contribution in [1.29, 1.82) is 0 Å². The maximum absolute atomic E-state index is 5.95. The number of aromatic nitrogens is 1. The summed E-state index contributed by atoms with van der Waals surface area (Å²) in [6.45, 7) is 4.17. The van der Waals surface area contributed by atoms with Crippen LogP contribution < -0.4 is 11.1 Å². The van der Waals surface area contributed by atoms with Crippen LogP contribution in [0.5, 0.6) is 0 Å². The minimum Gasteiger partial charge on any atom is -0.383 e. The molecule has 0 aromatic carbocycles. The van der Waals surface area contributed by atoms with Gasteiger partial charge >= 0.3 is 0 Å². The predicted octanol–water partition coefficient (Wildman–Crippen LogP) is 2.05. The van der Waals surface area contributed by atoms with Gasteiger partial charge in [-0.05, 0) is 32.0 Å². The van der Waals surface area contributed by atoms with Crippen LogP contribution in [0.15, 0.2) is 12.3 Å². The van der Waals surface area contributed by atoms with Gasteiger partial charge in [0.05, 0.1) is 12.1 Å². The highest BCUT2D eigenvalue weighted by atomic mass is 16.5. The van der Waals surface area contributed by atoms with E-state index in [-0.39, 0.29) is 12.1 Å². The van der Waals surface area contributed by atoms with E-state index in [1.165, 1.54) is 0 Å². The number of hydrogen-bond donors (Lipinski definition) is 2. The average molecular weight is 237 g/mol. The largest absolute Gasteiger partial charge is 0.383 e. The van der Waals surface area contributed by atoms with Crippen molar-refractivity contribution >= 4 is 5.82 Å². The van der Waals surface area contributed by atoms with Crippen LogP contribution in [0.4, 0.5) is 5.82 Å². The first-order valence-corrected chi connectivity index (χ1v) is 6.06. The Kier molecular flexibility index (Phi) is 5.38. The number of likely N-dealkylation sites (N-methyl/N-ethyl adjacent to an activating group) is 1. The van der Waals surface area contributed by atoms with Crippen molar-refractivity contribution in [2.45, 2.75) is 38.8 Å². The first-order valence-electron chi connectivity index (χ1n) is 6.06. The fourth-order valence-corrected chi connectivity index (χ4v) is 2.10. The van der Waals surface area contributed by atoms with Gasteiger partial charge in [-0.25, -0.2) is 4.98 Å². The van der Waals surface area contributed by atoms with Gasteiger partial charge in [0.1, 0.15) is 5.82 Å². The number of rotatable bonds is 6. The van der Waals surface area contributed by atoms with E-state index in [0.29, 0.717) is 5.82 Å². The molecule has 96 valence electrons. The number of hydrogen-bond acceptors (Lipinski definition) is 4. The van der Waals surface area contributed by atoms with Crippen molar-refractivity contribution in [2.24, 2.45) is 0 Å². The minimum absolute atomic E-state index is 0.0901. The molecule has 0 amide bonds. The van der Waals surface area contributed by atoms with E-state index in [0.717, 1.165) is 24.0 Å². The summed E-state index contributed by atoms with van der Waals surface area (Å²) in [5.74, 6) is 0.577. The Hall–Kier alpha value is -1.13. The number of ether oxygens (including phenoxy) is 1. The second-order valence-electron chi connectivity index (χ2n) is 4.32. The Morgan fingerprint density at radius 2 is 2.24 bits per heavy atom. The van der Waals surface area contributed by atoms with E-state index in [1.807, 2.05) is 14.0 Å². The molecule has 1 aromatic rings. The average Bonchev–Trinajstić information content (AvgIpc) is 2.33.